The first-order valence-electron chi connectivity index (χ1n) is 1.75. The third kappa shape index (κ3) is 8.17. The topological polar surface area (TPSA) is 104 Å². The molecule has 6 nitrogen and oxygen atoms in total. The third-order valence-electron chi connectivity index (χ3n) is 0.336. The standard InChI is InChI=1S/CH5O6P2/c2-8(3)7-1-9(4,5)6/h1H2,(H,2,3)(H2,4,5,6). The molecule has 0 saturated carbocycles. The van der Waals surface area contributed by atoms with Crippen LogP contribution in [0.15, 0.2) is 0 Å². The van der Waals surface area contributed by atoms with E-state index < -0.39 is 22.2 Å². The average Bonchev–Trinajstić information content (AvgIpc) is 1.59. The van der Waals surface area contributed by atoms with Gasteiger partial charge in [0.15, 0.2) is 6.35 Å². The van der Waals surface area contributed by atoms with Crippen LogP contribution in [0.3, 0.4) is 0 Å². The summed E-state index contributed by atoms with van der Waals surface area (Å²) in [6.45, 7) is 0. The highest BCUT2D eigenvalue weighted by atomic mass is 31.2. The van der Waals surface area contributed by atoms with Crippen molar-refractivity contribution in [3.05, 3.63) is 0 Å². The lowest BCUT2D eigenvalue weighted by atomic mass is 11.7. The fourth-order valence-corrected chi connectivity index (χ4v) is 1.12. The molecule has 0 aromatic carbocycles. The molecule has 0 aromatic heterocycles. The van der Waals surface area contributed by atoms with E-state index in [1.807, 2.05) is 0 Å². The smallest absolute Gasteiger partial charge is 0.323 e. The van der Waals surface area contributed by atoms with E-state index in [1.54, 1.807) is 0 Å². The van der Waals surface area contributed by atoms with Crippen molar-refractivity contribution in [2.24, 2.45) is 0 Å². The Bertz CT molecular complexity index is 145. The Kier molecular flexibility index (Phi) is 3.43. The predicted octanol–water partition coefficient (Wildman–Crippen LogP) is -0.212. The minimum absolute atomic E-state index is 1.02. The second-order valence-corrected chi connectivity index (χ2v) is 3.48. The first-order valence-corrected chi connectivity index (χ1v) is 4.68. The summed E-state index contributed by atoms with van der Waals surface area (Å²) in [7, 11) is -7.19. The third-order valence-corrected chi connectivity index (χ3v) is 1.36. The summed E-state index contributed by atoms with van der Waals surface area (Å²) < 4.78 is 23.2. The first-order chi connectivity index (χ1) is 3.92. The highest BCUT2D eigenvalue weighted by Gasteiger charge is 2.14. The molecule has 0 amide bonds. The van der Waals surface area contributed by atoms with Gasteiger partial charge in [0.05, 0.1) is 0 Å². The van der Waals surface area contributed by atoms with Crippen LogP contribution >= 0.6 is 15.9 Å². The van der Waals surface area contributed by atoms with Gasteiger partial charge in [0, 0.05) is 0 Å². The molecule has 0 spiro atoms. The summed E-state index contributed by atoms with van der Waals surface area (Å²) in [4.78, 5) is 23.9. The summed E-state index contributed by atoms with van der Waals surface area (Å²) in [5.41, 5.74) is 0. The lowest BCUT2D eigenvalue weighted by Gasteiger charge is -1.98. The molecule has 0 aliphatic rings. The highest BCUT2D eigenvalue weighted by molar-refractivity contribution is 7.52. The van der Waals surface area contributed by atoms with Crippen molar-refractivity contribution < 1.29 is 28.3 Å². The van der Waals surface area contributed by atoms with Gasteiger partial charge < -0.3 is 9.79 Å². The van der Waals surface area contributed by atoms with Gasteiger partial charge in [-0.1, -0.05) is 0 Å². The molecule has 0 aliphatic carbocycles. The monoisotopic (exact) mass is 175 g/mol. The summed E-state index contributed by atoms with van der Waals surface area (Å²) in [5, 5.41) is 0. The van der Waals surface area contributed by atoms with Crippen LogP contribution in [0.2, 0.25) is 0 Å². The lowest BCUT2D eigenvalue weighted by Crippen LogP contribution is -1.86. The lowest BCUT2D eigenvalue weighted by molar-refractivity contribution is 0.279. The maximum absolute atomic E-state index is 9.87. The summed E-state index contributed by atoms with van der Waals surface area (Å²) in [6, 6.07) is 0. The molecule has 0 aliphatic heterocycles. The fraction of sp³-hybridized carbons (Fsp3) is 1.00. The van der Waals surface area contributed by atoms with Crippen LogP contribution in [0, 0.1) is 0 Å². The van der Waals surface area contributed by atoms with Gasteiger partial charge in [0.25, 0.3) is 0 Å². The second-order valence-electron chi connectivity index (χ2n) is 1.16. The van der Waals surface area contributed by atoms with Crippen LogP contribution < -0.4 is 0 Å². The Morgan fingerprint density at radius 3 is 2.11 bits per heavy atom. The van der Waals surface area contributed by atoms with Crippen molar-refractivity contribution in [3.63, 3.8) is 0 Å². The molecule has 9 heavy (non-hydrogen) atoms. The highest BCUT2D eigenvalue weighted by Crippen LogP contribution is 2.37. The van der Waals surface area contributed by atoms with Crippen LogP contribution in [-0.4, -0.2) is 21.0 Å². The van der Waals surface area contributed by atoms with Crippen LogP contribution in [-0.2, 0) is 13.7 Å². The maximum Gasteiger partial charge on any atom is 0.366 e. The molecule has 0 heterocycles. The SMILES string of the molecule is O=[P](O)OCP(=O)(O)O. The van der Waals surface area contributed by atoms with Crippen molar-refractivity contribution in [3.8, 4) is 0 Å². The molecular weight excluding hydrogens is 170 g/mol. The number of hydrogen-bond donors (Lipinski definition) is 3. The molecule has 3 N–H and O–H groups in total. The molecule has 8 heteroatoms. The van der Waals surface area contributed by atoms with Crippen molar-refractivity contribution in [2.45, 2.75) is 0 Å². The van der Waals surface area contributed by atoms with Gasteiger partial charge in [0.2, 0.25) is 0 Å². The minimum atomic E-state index is -4.29. The van der Waals surface area contributed by atoms with E-state index in [1.165, 1.54) is 0 Å². The van der Waals surface area contributed by atoms with Gasteiger partial charge in [0.1, 0.15) is 0 Å². The van der Waals surface area contributed by atoms with Gasteiger partial charge in [-0.3, -0.25) is 14.0 Å². The van der Waals surface area contributed by atoms with E-state index in [9.17, 15) is 9.13 Å². The van der Waals surface area contributed by atoms with Crippen LogP contribution in [0.25, 0.3) is 0 Å². The van der Waals surface area contributed by atoms with E-state index in [2.05, 4.69) is 4.52 Å². The molecule has 0 saturated heterocycles. The fourth-order valence-electron chi connectivity index (χ4n) is 0.125. The van der Waals surface area contributed by atoms with Crippen molar-refractivity contribution in [1.29, 1.82) is 0 Å². The summed E-state index contributed by atoms with van der Waals surface area (Å²) in [6.07, 6.45) is -1.02. The van der Waals surface area contributed by atoms with E-state index in [0.29, 0.717) is 0 Å². The normalized spacial score (nSPS) is 13.4. The largest absolute Gasteiger partial charge is 0.366 e. The Labute approximate surface area is 51.6 Å². The molecule has 0 bridgehead atoms. The maximum atomic E-state index is 9.87. The zero-order valence-corrected chi connectivity index (χ0v) is 5.96. The molecule has 0 fully saturated rings. The summed E-state index contributed by atoms with van der Waals surface area (Å²) in [5.74, 6) is 0. The number of rotatable bonds is 3. The van der Waals surface area contributed by atoms with Crippen LogP contribution in [0.1, 0.15) is 0 Å². The van der Waals surface area contributed by atoms with Gasteiger partial charge in [-0.15, -0.1) is 0 Å². The van der Waals surface area contributed by atoms with Crippen molar-refractivity contribution in [2.75, 3.05) is 6.35 Å². The Morgan fingerprint density at radius 2 is 2.00 bits per heavy atom. The Morgan fingerprint density at radius 1 is 1.56 bits per heavy atom. The molecule has 1 atom stereocenters. The van der Waals surface area contributed by atoms with E-state index in [4.69, 9.17) is 14.7 Å². The van der Waals surface area contributed by atoms with Gasteiger partial charge in [-0.2, -0.15) is 0 Å². The van der Waals surface area contributed by atoms with Gasteiger partial charge >= 0.3 is 15.9 Å². The molecule has 0 rings (SSSR count). The van der Waals surface area contributed by atoms with Crippen molar-refractivity contribution >= 4 is 15.9 Å². The second kappa shape index (κ2) is 3.37. The van der Waals surface area contributed by atoms with Crippen LogP contribution in [0.5, 0.6) is 0 Å². The molecule has 0 aromatic rings. The molecular formula is CH5O6P2. The quantitative estimate of drug-likeness (QED) is 0.512. The van der Waals surface area contributed by atoms with E-state index in [-0.39, 0.29) is 0 Å². The average molecular weight is 175 g/mol. The van der Waals surface area contributed by atoms with Crippen molar-refractivity contribution in [1.82, 2.24) is 0 Å². The summed E-state index contributed by atoms with van der Waals surface area (Å²) >= 11 is 0. The molecule has 55 valence electrons. The zero-order valence-electron chi connectivity index (χ0n) is 4.17. The Hall–Kier alpha value is 0.170. The number of hydrogen-bond acceptors (Lipinski definition) is 3. The predicted molar refractivity (Wildman–Crippen MR) is 27.8 cm³/mol. The van der Waals surface area contributed by atoms with Gasteiger partial charge in [-0.05, 0) is 0 Å². The Balaban J connectivity index is 3.53. The molecule has 1 radical (unpaired) electrons. The van der Waals surface area contributed by atoms with E-state index >= 15 is 0 Å². The first kappa shape index (κ1) is 9.17. The minimum Gasteiger partial charge on any atom is -0.323 e. The van der Waals surface area contributed by atoms with Crippen LogP contribution in [0.4, 0.5) is 0 Å². The zero-order chi connectivity index (χ0) is 7.49. The molecule has 1 unspecified atom stereocenters. The van der Waals surface area contributed by atoms with E-state index in [0.717, 1.165) is 0 Å². The van der Waals surface area contributed by atoms with Gasteiger partial charge in [-0.25, -0.2) is 4.57 Å².